The molecule has 7 nitrogen and oxygen atoms in total. The molecule has 7 heteroatoms. The van der Waals surface area contributed by atoms with E-state index in [1.54, 1.807) is 29.0 Å². The highest BCUT2D eigenvalue weighted by molar-refractivity contribution is 6.00. The minimum atomic E-state index is -0.449. The Kier molecular flexibility index (Phi) is 5.96. The maximum Gasteiger partial charge on any atom is 0.269 e. The lowest BCUT2D eigenvalue weighted by Gasteiger charge is -2.27. The maximum atomic E-state index is 13.0. The Hall–Kier alpha value is -3.22. The van der Waals surface area contributed by atoms with Gasteiger partial charge >= 0.3 is 0 Å². The number of benzene rings is 2. The Bertz CT molecular complexity index is 926. The molecule has 0 radical (unpaired) electrons. The molecule has 3 rings (SSSR count). The molecule has 152 valence electrons. The van der Waals surface area contributed by atoms with Crippen LogP contribution in [0.5, 0.6) is 0 Å². The van der Waals surface area contributed by atoms with E-state index in [1.807, 2.05) is 31.2 Å². The highest BCUT2D eigenvalue weighted by atomic mass is 16.6. The molecule has 0 unspecified atom stereocenters. The summed E-state index contributed by atoms with van der Waals surface area (Å²) in [6, 6.07) is 13.8. The SMILES string of the molecule is CCc1ccc(N2C[C@H](C(=O)N(C)[C@@H](C)c3cccc([N+](=O)[O-])c3)CC2=O)cc1. The Morgan fingerprint density at radius 1 is 1.28 bits per heavy atom. The molecule has 1 aliphatic rings. The van der Waals surface area contributed by atoms with Crippen LogP contribution in [0, 0.1) is 16.0 Å². The van der Waals surface area contributed by atoms with E-state index < -0.39 is 10.8 Å². The van der Waals surface area contributed by atoms with Gasteiger partial charge in [0.1, 0.15) is 0 Å². The van der Waals surface area contributed by atoms with Crippen LogP contribution in [0.3, 0.4) is 0 Å². The van der Waals surface area contributed by atoms with Gasteiger partial charge in [-0.15, -0.1) is 0 Å². The molecule has 0 aromatic heterocycles. The van der Waals surface area contributed by atoms with Crippen LogP contribution in [-0.4, -0.2) is 35.2 Å². The van der Waals surface area contributed by atoms with Crippen molar-refractivity contribution in [2.75, 3.05) is 18.5 Å². The predicted molar refractivity (Wildman–Crippen MR) is 111 cm³/mol. The molecule has 0 spiro atoms. The van der Waals surface area contributed by atoms with E-state index in [-0.39, 0.29) is 30.0 Å². The van der Waals surface area contributed by atoms with Crippen LogP contribution in [0.4, 0.5) is 11.4 Å². The number of nitro benzene ring substituents is 1. The van der Waals surface area contributed by atoms with Gasteiger partial charge in [0.05, 0.1) is 16.9 Å². The van der Waals surface area contributed by atoms with Gasteiger partial charge in [-0.2, -0.15) is 0 Å². The van der Waals surface area contributed by atoms with Crippen molar-refractivity contribution in [2.24, 2.45) is 5.92 Å². The first-order valence-electron chi connectivity index (χ1n) is 9.72. The summed E-state index contributed by atoms with van der Waals surface area (Å²) in [6.45, 7) is 4.24. The average molecular weight is 395 g/mol. The minimum absolute atomic E-state index is 0.00653. The largest absolute Gasteiger partial charge is 0.339 e. The number of nitro groups is 1. The quantitative estimate of drug-likeness (QED) is 0.551. The van der Waals surface area contributed by atoms with Gasteiger partial charge in [0.25, 0.3) is 5.69 Å². The zero-order valence-electron chi connectivity index (χ0n) is 16.9. The molecule has 2 aromatic carbocycles. The Labute approximate surface area is 170 Å². The predicted octanol–water partition coefficient (Wildman–Crippen LogP) is 3.73. The van der Waals surface area contributed by atoms with Gasteiger partial charge in [-0.1, -0.05) is 31.2 Å². The smallest absolute Gasteiger partial charge is 0.269 e. The molecule has 0 bridgehead atoms. The molecule has 1 heterocycles. The fourth-order valence-electron chi connectivity index (χ4n) is 3.63. The molecule has 1 saturated heterocycles. The summed E-state index contributed by atoms with van der Waals surface area (Å²) in [6.07, 6.45) is 1.09. The number of nitrogens with zero attached hydrogens (tertiary/aromatic N) is 3. The van der Waals surface area contributed by atoms with Gasteiger partial charge < -0.3 is 9.80 Å². The lowest BCUT2D eigenvalue weighted by Crippen LogP contribution is -2.36. The van der Waals surface area contributed by atoms with Crippen molar-refractivity contribution in [3.8, 4) is 0 Å². The Balaban J connectivity index is 1.71. The Morgan fingerprint density at radius 2 is 1.97 bits per heavy atom. The lowest BCUT2D eigenvalue weighted by atomic mass is 10.0. The summed E-state index contributed by atoms with van der Waals surface area (Å²) in [5.74, 6) is -0.631. The summed E-state index contributed by atoms with van der Waals surface area (Å²) in [7, 11) is 1.68. The first kappa shape index (κ1) is 20.5. The second-order valence-electron chi connectivity index (χ2n) is 7.40. The zero-order valence-corrected chi connectivity index (χ0v) is 16.9. The number of carbonyl (C=O) groups excluding carboxylic acids is 2. The molecule has 2 amide bonds. The van der Waals surface area contributed by atoms with Gasteiger partial charge in [-0.05, 0) is 36.6 Å². The van der Waals surface area contributed by atoms with Gasteiger partial charge in [0.15, 0.2) is 0 Å². The zero-order chi connectivity index (χ0) is 21.1. The normalized spacial score (nSPS) is 17.3. The van der Waals surface area contributed by atoms with Crippen LogP contribution in [0.2, 0.25) is 0 Å². The molecule has 0 N–H and O–H groups in total. The third kappa shape index (κ3) is 4.29. The van der Waals surface area contributed by atoms with E-state index in [1.165, 1.54) is 17.7 Å². The summed E-state index contributed by atoms with van der Waals surface area (Å²) in [5, 5.41) is 11.0. The van der Waals surface area contributed by atoms with Crippen molar-refractivity contribution in [1.29, 1.82) is 0 Å². The number of carbonyl (C=O) groups is 2. The van der Waals surface area contributed by atoms with Crippen molar-refractivity contribution in [2.45, 2.75) is 32.7 Å². The second kappa shape index (κ2) is 8.43. The molecule has 1 fully saturated rings. The molecule has 29 heavy (non-hydrogen) atoms. The standard InChI is InChI=1S/C22H25N3O4/c1-4-16-8-10-19(11-9-16)24-14-18(13-21(24)26)22(27)23(3)15(2)17-6-5-7-20(12-17)25(28)29/h5-12,15,18H,4,13-14H2,1-3H3/t15-,18+/m0/s1. The van der Waals surface area contributed by atoms with E-state index in [0.29, 0.717) is 12.1 Å². The van der Waals surface area contributed by atoms with Crippen LogP contribution in [0.1, 0.15) is 37.4 Å². The first-order valence-corrected chi connectivity index (χ1v) is 9.72. The monoisotopic (exact) mass is 395 g/mol. The van der Waals surface area contributed by atoms with E-state index in [2.05, 4.69) is 6.92 Å². The van der Waals surface area contributed by atoms with Gasteiger partial charge in [-0.25, -0.2) is 0 Å². The molecule has 0 aliphatic carbocycles. The van der Waals surface area contributed by atoms with Crippen molar-refractivity contribution >= 4 is 23.2 Å². The van der Waals surface area contributed by atoms with Crippen molar-refractivity contribution in [3.63, 3.8) is 0 Å². The fraction of sp³-hybridized carbons (Fsp3) is 0.364. The number of aryl methyl sites for hydroxylation is 1. The average Bonchev–Trinajstić information content (AvgIpc) is 3.13. The van der Waals surface area contributed by atoms with Crippen LogP contribution in [-0.2, 0) is 16.0 Å². The minimum Gasteiger partial charge on any atom is -0.339 e. The number of rotatable bonds is 6. The van der Waals surface area contributed by atoms with Crippen molar-refractivity contribution in [1.82, 2.24) is 4.90 Å². The molecule has 1 aliphatic heterocycles. The number of anilines is 1. The topological polar surface area (TPSA) is 83.8 Å². The number of hydrogen-bond donors (Lipinski definition) is 0. The van der Waals surface area contributed by atoms with Crippen molar-refractivity contribution < 1.29 is 14.5 Å². The van der Waals surface area contributed by atoms with Gasteiger partial charge in [-0.3, -0.25) is 19.7 Å². The van der Waals surface area contributed by atoms with Gasteiger partial charge in [0, 0.05) is 37.8 Å². The van der Waals surface area contributed by atoms with E-state index >= 15 is 0 Å². The summed E-state index contributed by atoms with van der Waals surface area (Å²) in [4.78, 5) is 39.3. The lowest BCUT2D eigenvalue weighted by molar-refractivity contribution is -0.384. The third-order valence-corrected chi connectivity index (χ3v) is 5.62. The van der Waals surface area contributed by atoms with Crippen molar-refractivity contribution in [3.05, 3.63) is 69.8 Å². The van der Waals surface area contributed by atoms with Gasteiger partial charge in [0.2, 0.25) is 11.8 Å². The molecule has 2 aromatic rings. The number of hydrogen-bond acceptors (Lipinski definition) is 4. The molecular weight excluding hydrogens is 370 g/mol. The highest BCUT2D eigenvalue weighted by Crippen LogP contribution is 2.29. The number of amides is 2. The van der Waals surface area contributed by atoms with Crippen LogP contribution in [0.25, 0.3) is 0 Å². The molecule has 0 saturated carbocycles. The van der Waals surface area contributed by atoms with Crippen LogP contribution < -0.4 is 4.90 Å². The third-order valence-electron chi connectivity index (χ3n) is 5.62. The van der Waals surface area contributed by atoms with E-state index in [9.17, 15) is 19.7 Å². The Morgan fingerprint density at radius 3 is 2.59 bits per heavy atom. The van der Waals surface area contributed by atoms with Crippen LogP contribution >= 0.6 is 0 Å². The summed E-state index contributed by atoms with van der Waals surface area (Å²) < 4.78 is 0. The second-order valence-corrected chi connectivity index (χ2v) is 7.40. The molecule has 2 atom stereocenters. The molecular formula is C22H25N3O4. The summed E-state index contributed by atoms with van der Waals surface area (Å²) in [5.41, 5.74) is 2.68. The summed E-state index contributed by atoms with van der Waals surface area (Å²) >= 11 is 0. The van der Waals surface area contributed by atoms with Crippen LogP contribution in [0.15, 0.2) is 48.5 Å². The van der Waals surface area contributed by atoms with E-state index in [4.69, 9.17) is 0 Å². The maximum absolute atomic E-state index is 13.0. The first-order chi connectivity index (χ1) is 13.8. The van der Waals surface area contributed by atoms with E-state index in [0.717, 1.165) is 12.1 Å². The highest BCUT2D eigenvalue weighted by Gasteiger charge is 2.37. The number of non-ortho nitro benzene ring substituents is 1. The fourth-order valence-corrected chi connectivity index (χ4v) is 3.63.